The molecule has 1 amide bonds. The molecule has 1 fully saturated rings. The van der Waals surface area contributed by atoms with Crippen LogP contribution >= 0.6 is 12.6 Å². The van der Waals surface area contributed by atoms with E-state index in [0.717, 1.165) is 12.3 Å². The fourth-order valence-electron chi connectivity index (χ4n) is 1.69. The quantitative estimate of drug-likeness (QED) is 0.563. The lowest BCUT2D eigenvalue weighted by molar-refractivity contribution is -0.203. The van der Waals surface area contributed by atoms with Crippen molar-refractivity contribution in [1.29, 1.82) is 0 Å². The first-order valence-electron chi connectivity index (χ1n) is 5.03. The molecule has 0 saturated carbocycles. The number of nitrogens with zero attached hydrogens (tertiary/aromatic N) is 1. The van der Waals surface area contributed by atoms with Gasteiger partial charge in [0.15, 0.2) is 5.79 Å². The van der Waals surface area contributed by atoms with Crippen molar-refractivity contribution in [2.75, 3.05) is 33.1 Å². The Balaban J connectivity index is 2.55. The third-order valence-electron chi connectivity index (χ3n) is 2.89. The Kier molecular flexibility index (Phi) is 4.43. The van der Waals surface area contributed by atoms with Gasteiger partial charge in [-0.05, 0) is 18.6 Å². The zero-order valence-electron chi connectivity index (χ0n) is 9.52. The van der Waals surface area contributed by atoms with Crippen LogP contribution in [0.25, 0.3) is 0 Å². The van der Waals surface area contributed by atoms with Gasteiger partial charge in [-0.1, -0.05) is 0 Å². The summed E-state index contributed by atoms with van der Waals surface area (Å²) < 4.78 is 10.5. The van der Waals surface area contributed by atoms with Crippen LogP contribution in [0.4, 0.5) is 0 Å². The molecule has 1 aliphatic heterocycles. The fraction of sp³-hybridized carbons (Fsp3) is 0.900. The highest BCUT2D eigenvalue weighted by Crippen LogP contribution is 2.22. The molecule has 1 heterocycles. The minimum Gasteiger partial charge on any atom is -0.352 e. The highest BCUT2D eigenvalue weighted by atomic mass is 32.1. The van der Waals surface area contributed by atoms with Crippen LogP contribution in [0.3, 0.4) is 0 Å². The molecule has 1 atom stereocenters. The molecule has 0 aromatic heterocycles. The number of carbonyl (C=O) groups is 1. The van der Waals surface area contributed by atoms with Gasteiger partial charge in [0.25, 0.3) is 0 Å². The molecule has 0 spiro atoms. The standard InChI is InChI=1S/C10H19NO3S/c1-10(13-2,14-3)7-11-5-8(6-15)4-9(11)12/h8,15H,4-7H2,1-3H3. The van der Waals surface area contributed by atoms with Crippen molar-refractivity contribution >= 4 is 18.5 Å². The van der Waals surface area contributed by atoms with Gasteiger partial charge in [0.1, 0.15) is 0 Å². The van der Waals surface area contributed by atoms with E-state index >= 15 is 0 Å². The zero-order chi connectivity index (χ0) is 11.5. The molecule has 5 heteroatoms. The van der Waals surface area contributed by atoms with Gasteiger partial charge in [-0.15, -0.1) is 0 Å². The second kappa shape index (κ2) is 5.18. The van der Waals surface area contributed by atoms with E-state index in [2.05, 4.69) is 12.6 Å². The van der Waals surface area contributed by atoms with E-state index in [4.69, 9.17) is 9.47 Å². The van der Waals surface area contributed by atoms with Crippen molar-refractivity contribution in [1.82, 2.24) is 4.90 Å². The summed E-state index contributed by atoms with van der Waals surface area (Å²) in [5.74, 6) is 0.563. The third-order valence-corrected chi connectivity index (χ3v) is 3.41. The molecule has 4 nitrogen and oxygen atoms in total. The molecule has 1 aliphatic rings. The molecule has 0 bridgehead atoms. The van der Waals surface area contributed by atoms with E-state index in [0.29, 0.717) is 18.9 Å². The van der Waals surface area contributed by atoms with E-state index in [1.54, 1.807) is 19.1 Å². The number of carbonyl (C=O) groups excluding carboxylic acids is 1. The van der Waals surface area contributed by atoms with Gasteiger partial charge < -0.3 is 14.4 Å². The number of likely N-dealkylation sites (tertiary alicyclic amines) is 1. The molecule has 1 unspecified atom stereocenters. The largest absolute Gasteiger partial charge is 0.352 e. The van der Waals surface area contributed by atoms with Crippen LogP contribution in [-0.2, 0) is 14.3 Å². The molecular weight excluding hydrogens is 214 g/mol. The Morgan fingerprint density at radius 1 is 1.53 bits per heavy atom. The Labute approximate surface area is 96.3 Å². The number of thiol groups is 1. The summed E-state index contributed by atoms with van der Waals surface area (Å²) in [4.78, 5) is 13.4. The number of amides is 1. The average molecular weight is 233 g/mol. The second-order valence-electron chi connectivity index (χ2n) is 4.07. The van der Waals surface area contributed by atoms with E-state index < -0.39 is 5.79 Å². The van der Waals surface area contributed by atoms with Crippen LogP contribution < -0.4 is 0 Å². The fourth-order valence-corrected chi connectivity index (χ4v) is 1.93. The molecule has 0 aliphatic carbocycles. The summed E-state index contributed by atoms with van der Waals surface area (Å²) in [5, 5.41) is 0. The molecule has 1 saturated heterocycles. The van der Waals surface area contributed by atoms with Gasteiger partial charge in [-0.3, -0.25) is 4.79 Å². The lowest BCUT2D eigenvalue weighted by Gasteiger charge is -2.31. The average Bonchev–Trinajstić information content (AvgIpc) is 2.59. The first-order valence-corrected chi connectivity index (χ1v) is 5.67. The Bertz CT molecular complexity index is 231. The maximum Gasteiger partial charge on any atom is 0.223 e. The summed E-state index contributed by atoms with van der Waals surface area (Å²) in [6, 6.07) is 0. The van der Waals surface area contributed by atoms with Crippen LogP contribution in [0.1, 0.15) is 13.3 Å². The summed E-state index contributed by atoms with van der Waals surface area (Å²) in [6.07, 6.45) is 0.590. The van der Waals surface area contributed by atoms with Crippen molar-refractivity contribution in [3.63, 3.8) is 0 Å². The number of ether oxygens (including phenoxy) is 2. The van der Waals surface area contributed by atoms with Gasteiger partial charge in [0.05, 0.1) is 6.54 Å². The lowest BCUT2D eigenvalue weighted by atomic mass is 10.1. The van der Waals surface area contributed by atoms with Crippen LogP contribution in [-0.4, -0.2) is 49.7 Å². The monoisotopic (exact) mass is 233 g/mol. The second-order valence-corrected chi connectivity index (χ2v) is 4.43. The first kappa shape index (κ1) is 12.8. The van der Waals surface area contributed by atoms with Crippen LogP contribution in [0.2, 0.25) is 0 Å². The molecule has 88 valence electrons. The van der Waals surface area contributed by atoms with E-state index in [1.165, 1.54) is 0 Å². The maximum atomic E-state index is 11.6. The summed E-state index contributed by atoms with van der Waals surface area (Å²) in [6.45, 7) is 3.06. The van der Waals surface area contributed by atoms with Crippen LogP contribution in [0, 0.1) is 5.92 Å². The highest BCUT2D eigenvalue weighted by Gasteiger charge is 2.34. The predicted molar refractivity (Wildman–Crippen MR) is 61.0 cm³/mol. The molecular formula is C10H19NO3S. The maximum absolute atomic E-state index is 11.6. The zero-order valence-corrected chi connectivity index (χ0v) is 10.4. The van der Waals surface area contributed by atoms with Crippen molar-refractivity contribution in [2.24, 2.45) is 5.92 Å². The molecule has 0 aromatic carbocycles. The minimum absolute atomic E-state index is 0.161. The smallest absolute Gasteiger partial charge is 0.223 e. The van der Waals surface area contributed by atoms with Gasteiger partial charge >= 0.3 is 0 Å². The molecule has 0 aromatic rings. The SMILES string of the molecule is COC(C)(CN1CC(CS)CC1=O)OC. The van der Waals surface area contributed by atoms with E-state index in [1.807, 2.05) is 6.92 Å². The first-order chi connectivity index (χ1) is 7.04. The normalized spacial score (nSPS) is 22.5. The van der Waals surface area contributed by atoms with E-state index in [9.17, 15) is 4.79 Å². The number of rotatable bonds is 5. The van der Waals surface area contributed by atoms with Crippen molar-refractivity contribution in [3.8, 4) is 0 Å². The highest BCUT2D eigenvalue weighted by molar-refractivity contribution is 7.80. The molecule has 0 N–H and O–H groups in total. The van der Waals surface area contributed by atoms with Gasteiger partial charge in [0, 0.05) is 27.2 Å². The topological polar surface area (TPSA) is 38.8 Å². The van der Waals surface area contributed by atoms with Crippen LogP contribution in [0.15, 0.2) is 0 Å². The molecule has 15 heavy (non-hydrogen) atoms. The minimum atomic E-state index is -0.707. The third kappa shape index (κ3) is 3.09. The van der Waals surface area contributed by atoms with Crippen molar-refractivity contribution in [3.05, 3.63) is 0 Å². The number of hydrogen-bond acceptors (Lipinski definition) is 4. The van der Waals surface area contributed by atoms with Crippen molar-refractivity contribution < 1.29 is 14.3 Å². The summed E-state index contributed by atoms with van der Waals surface area (Å²) in [5.41, 5.74) is 0. The number of hydrogen-bond donors (Lipinski definition) is 1. The summed E-state index contributed by atoms with van der Waals surface area (Å²) in [7, 11) is 3.17. The Morgan fingerprint density at radius 2 is 2.13 bits per heavy atom. The van der Waals surface area contributed by atoms with Crippen molar-refractivity contribution in [2.45, 2.75) is 19.1 Å². The van der Waals surface area contributed by atoms with Gasteiger partial charge in [-0.2, -0.15) is 12.6 Å². The van der Waals surface area contributed by atoms with Gasteiger partial charge in [-0.25, -0.2) is 0 Å². The Morgan fingerprint density at radius 3 is 2.53 bits per heavy atom. The Hall–Kier alpha value is -0.260. The predicted octanol–water partition coefficient (Wildman–Crippen LogP) is 0.774. The van der Waals surface area contributed by atoms with Crippen LogP contribution in [0.5, 0.6) is 0 Å². The molecule has 1 rings (SSSR count). The van der Waals surface area contributed by atoms with Gasteiger partial charge in [0.2, 0.25) is 5.91 Å². The van der Waals surface area contributed by atoms with E-state index in [-0.39, 0.29) is 5.91 Å². The summed E-state index contributed by atoms with van der Waals surface area (Å²) >= 11 is 4.21. The number of methoxy groups -OCH3 is 2. The molecule has 0 radical (unpaired) electrons. The lowest BCUT2D eigenvalue weighted by Crippen LogP contribution is -2.44.